The Morgan fingerprint density at radius 2 is 1.78 bits per heavy atom. The van der Waals surface area contributed by atoms with E-state index in [1.807, 2.05) is 13.8 Å². The second-order valence-electron chi connectivity index (χ2n) is 4.75. The number of aliphatic hydroxyl groups excluding tert-OH is 2. The fourth-order valence-electron chi connectivity index (χ4n) is 1.43. The molecule has 0 aliphatic heterocycles. The topological polar surface area (TPSA) is 69.6 Å². The minimum Gasteiger partial charge on any atom is -0.394 e. The molecule has 1 rings (SSSR count). The zero-order chi connectivity index (χ0) is 13.9. The first-order chi connectivity index (χ1) is 8.33. The number of hydrogen-bond donors (Lipinski definition) is 3. The van der Waals surface area contributed by atoms with E-state index in [9.17, 15) is 4.79 Å². The van der Waals surface area contributed by atoms with Crippen LogP contribution in [0.4, 0.5) is 0 Å². The number of hydrogen-bond acceptors (Lipinski definition) is 3. The summed E-state index contributed by atoms with van der Waals surface area (Å²) in [6.07, 6.45) is 0. The Balaban J connectivity index is 3.01. The molecule has 0 bridgehead atoms. The van der Waals surface area contributed by atoms with Crippen LogP contribution in [-0.4, -0.2) is 34.9 Å². The Kier molecular flexibility index (Phi) is 4.73. The van der Waals surface area contributed by atoms with E-state index in [4.69, 9.17) is 21.8 Å². The molecule has 0 unspecified atom stereocenters. The van der Waals surface area contributed by atoms with Gasteiger partial charge in [-0.1, -0.05) is 11.6 Å². The average molecular weight is 272 g/mol. The van der Waals surface area contributed by atoms with Gasteiger partial charge < -0.3 is 15.5 Å². The normalized spacial score (nSPS) is 11.4. The predicted molar refractivity (Wildman–Crippen MR) is 71.0 cm³/mol. The van der Waals surface area contributed by atoms with Gasteiger partial charge in [0.2, 0.25) is 0 Å². The number of carbonyl (C=O) groups is 1. The van der Waals surface area contributed by atoms with Crippen molar-refractivity contribution >= 4 is 17.5 Å². The number of aryl methyl sites for hydroxylation is 2. The van der Waals surface area contributed by atoms with Crippen molar-refractivity contribution in [1.82, 2.24) is 5.32 Å². The zero-order valence-electron chi connectivity index (χ0n) is 10.7. The molecular formula is C13H18ClNO3. The standard InChI is InChI=1S/C13H18ClNO3/c1-8-4-10(11(14)5-9(8)2)12(18)15-13(3,6-16)7-17/h4-5,16-17H,6-7H2,1-3H3,(H,15,18). The fraction of sp³-hybridized carbons (Fsp3) is 0.462. The van der Waals surface area contributed by atoms with E-state index in [0.717, 1.165) is 11.1 Å². The van der Waals surface area contributed by atoms with Crippen LogP contribution in [0.25, 0.3) is 0 Å². The Bertz CT molecular complexity index is 456. The van der Waals surface area contributed by atoms with Crippen molar-refractivity contribution in [1.29, 1.82) is 0 Å². The van der Waals surface area contributed by atoms with Crippen LogP contribution in [0.15, 0.2) is 12.1 Å². The predicted octanol–water partition coefficient (Wildman–Crippen LogP) is 1.43. The van der Waals surface area contributed by atoms with E-state index < -0.39 is 11.4 Å². The lowest BCUT2D eigenvalue weighted by atomic mass is 10.0. The monoisotopic (exact) mass is 271 g/mol. The van der Waals surface area contributed by atoms with Crippen LogP contribution in [-0.2, 0) is 0 Å². The molecule has 100 valence electrons. The van der Waals surface area contributed by atoms with Crippen LogP contribution >= 0.6 is 11.6 Å². The van der Waals surface area contributed by atoms with E-state index in [1.54, 1.807) is 19.1 Å². The van der Waals surface area contributed by atoms with Crippen LogP contribution in [0.3, 0.4) is 0 Å². The maximum atomic E-state index is 12.0. The summed E-state index contributed by atoms with van der Waals surface area (Å²) in [7, 11) is 0. The van der Waals surface area contributed by atoms with Gasteiger partial charge in [-0.25, -0.2) is 0 Å². The Labute approximate surface area is 112 Å². The molecule has 3 N–H and O–H groups in total. The smallest absolute Gasteiger partial charge is 0.253 e. The van der Waals surface area contributed by atoms with E-state index in [2.05, 4.69) is 5.32 Å². The molecular weight excluding hydrogens is 254 g/mol. The summed E-state index contributed by atoms with van der Waals surface area (Å²) in [5, 5.41) is 21.2. The number of nitrogens with one attached hydrogen (secondary N) is 1. The van der Waals surface area contributed by atoms with Crippen LogP contribution in [0.2, 0.25) is 5.02 Å². The molecule has 0 aliphatic carbocycles. The van der Waals surface area contributed by atoms with Crippen molar-refractivity contribution in [3.63, 3.8) is 0 Å². The van der Waals surface area contributed by atoms with Gasteiger partial charge >= 0.3 is 0 Å². The number of halogens is 1. The van der Waals surface area contributed by atoms with Gasteiger partial charge in [0.1, 0.15) is 0 Å². The second-order valence-corrected chi connectivity index (χ2v) is 5.15. The lowest BCUT2D eigenvalue weighted by Crippen LogP contribution is -2.51. The van der Waals surface area contributed by atoms with Crippen LogP contribution < -0.4 is 5.32 Å². The van der Waals surface area contributed by atoms with Gasteiger partial charge in [0.15, 0.2) is 0 Å². The molecule has 1 aromatic carbocycles. The lowest BCUT2D eigenvalue weighted by Gasteiger charge is -2.26. The third-order valence-corrected chi connectivity index (χ3v) is 3.25. The number of benzene rings is 1. The van der Waals surface area contributed by atoms with Crippen LogP contribution in [0, 0.1) is 13.8 Å². The van der Waals surface area contributed by atoms with Crippen molar-refractivity contribution in [2.75, 3.05) is 13.2 Å². The molecule has 0 aliphatic rings. The summed E-state index contributed by atoms with van der Waals surface area (Å²) < 4.78 is 0. The second kappa shape index (κ2) is 5.69. The molecule has 4 nitrogen and oxygen atoms in total. The molecule has 0 heterocycles. The first kappa shape index (κ1) is 15.0. The SMILES string of the molecule is Cc1cc(Cl)c(C(=O)NC(C)(CO)CO)cc1C. The van der Waals surface area contributed by atoms with E-state index in [1.165, 1.54) is 0 Å². The molecule has 0 aromatic heterocycles. The number of rotatable bonds is 4. The van der Waals surface area contributed by atoms with Crippen molar-refractivity contribution in [3.8, 4) is 0 Å². The molecule has 18 heavy (non-hydrogen) atoms. The highest BCUT2D eigenvalue weighted by Gasteiger charge is 2.26. The molecule has 0 saturated carbocycles. The summed E-state index contributed by atoms with van der Waals surface area (Å²) in [6, 6.07) is 3.42. The quantitative estimate of drug-likeness (QED) is 0.776. The largest absolute Gasteiger partial charge is 0.394 e. The molecule has 0 atom stereocenters. The summed E-state index contributed by atoms with van der Waals surface area (Å²) in [6.45, 7) is 4.66. The van der Waals surface area contributed by atoms with Gasteiger partial charge in [-0.05, 0) is 44.0 Å². The van der Waals surface area contributed by atoms with Crippen LogP contribution in [0.1, 0.15) is 28.4 Å². The van der Waals surface area contributed by atoms with Gasteiger partial charge in [0.25, 0.3) is 5.91 Å². The van der Waals surface area contributed by atoms with E-state index in [-0.39, 0.29) is 13.2 Å². The molecule has 1 aromatic rings. The summed E-state index contributed by atoms with van der Waals surface area (Å²) in [5.41, 5.74) is 1.25. The highest BCUT2D eigenvalue weighted by molar-refractivity contribution is 6.34. The van der Waals surface area contributed by atoms with Gasteiger partial charge in [0, 0.05) is 0 Å². The third-order valence-electron chi connectivity index (χ3n) is 2.94. The highest BCUT2D eigenvalue weighted by Crippen LogP contribution is 2.21. The van der Waals surface area contributed by atoms with Crippen molar-refractivity contribution in [2.24, 2.45) is 0 Å². The summed E-state index contributed by atoms with van der Waals surface area (Å²) >= 11 is 6.03. The maximum Gasteiger partial charge on any atom is 0.253 e. The number of carbonyl (C=O) groups excluding carboxylic acids is 1. The van der Waals surface area contributed by atoms with E-state index in [0.29, 0.717) is 10.6 Å². The summed E-state index contributed by atoms with van der Waals surface area (Å²) in [5.74, 6) is -0.409. The minimum atomic E-state index is -1.06. The lowest BCUT2D eigenvalue weighted by molar-refractivity contribution is 0.0724. The number of aliphatic hydroxyl groups is 2. The molecule has 5 heteroatoms. The zero-order valence-corrected chi connectivity index (χ0v) is 11.5. The van der Waals surface area contributed by atoms with Crippen molar-refractivity contribution in [3.05, 3.63) is 33.8 Å². The Morgan fingerprint density at radius 1 is 1.28 bits per heavy atom. The fourth-order valence-corrected chi connectivity index (χ4v) is 1.73. The highest BCUT2D eigenvalue weighted by atomic mass is 35.5. The molecule has 0 radical (unpaired) electrons. The Hall–Kier alpha value is -1.10. The van der Waals surface area contributed by atoms with Gasteiger partial charge in [-0.2, -0.15) is 0 Å². The molecule has 0 spiro atoms. The van der Waals surface area contributed by atoms with Crippen molar-refractivity contribution < 1.29 is 15.0 Å². The van der Waals surface area contributed by atoms with Gasteiger partial charge in [-0.15, -0.1) is 0 Å². The molecule has 0 fully saturated rings. The van der Waals surface area contributed by atoms with E-state index >= 15 is 0 Å². The van der Waals surface area contributed by atoms with Gasteiger partial charge in [0.05, 0.1) is 29.3 Å². The summed E-state index contributed by atoms with van der Waals surface area (Å²) in [4.78, 5) is 12.0. The van der Waals surface area contributed by atoms with Gasteiger partial charge in [-0.3, -0.25) is 4.79 Å². The average Bonchev–Trinajstić information content (AvgIpc) is 2.33. The molecule has 0 saturated heterocycles. The maximum absolute atomic E-state index is 12.0. The first-order valence-electron chi connectivity index (χ1n) is 5.64. The number of amides is 1. The third kappa shape index (κ3) is 3.22. The van der Waals surface area contributed by atoms with Crippen molar-refractivity contribution in [2.45, 2.75) is 26.3 Å². The molecule has 1 amide bonds. The Morgan fingerprint density at radius 3 is 2.28 bits per heavy atom. The first-order valence-corrected chi connectivity index (χ1v) is 6.02. The van der Waals surface area contributed by atoms with Crippen LogP contribution in [0.5, 0.6) is 0 Å². The minimum absolute atomic E-state index is 0.341.